The number of aromatic hydroxyl groups is 1. The molecule has 0 aliphatic heterocycles. The lowest BCUT2D eigenvalue weighted by Crippen LogP contribution is -2.23. The van der Waals surface area contributed by atoms with Crippen LogP contribution >= 0.6 is 15.9 Å². The Balaban J connectivity index is 1.96. The first-order chi connectivity index (χ1) is 10.1. The van der Waals surface area contributed by atoms with Crippen LogP contribution in [0, 0.1) is 0 Å². The first-order valence-electron chi connectivity index (χ1n) is 6.71. The van der Waals surface area contributed by atoms with E-state index < -0.39 is 5.41 Å². The number of aromatic nitrogens is 1. The van der Waals surface area contributed by atoms with Crippen LogP contribution in [0.3, 0.4) is 0 Å². The molecule has 2 aromatic rings. The maximum atomic E-state index is 12.1. The zero-order valence-corrected chi connectivity index (χ0v) is 13.0. The van der Waals surface area contributed by atoms with Gasteiger partial charge in [-0.2, -0.15) is 0 Å². The number of ether oxygens (including phenoxy) is 1. The summed E-state index contributed by atoms with van der Waals surface area (Å²) in [5, 5.41) is 13.4. The normalized spacial score (nSPS) is 15.7. The molecule has 0 unspecified atom stereocenters. The number of phenols is 1. The number of carbonyl (C=O) groups excluding carboxylic acids is 1. The second-order valence-corrected chi connectivity index (χ2v) is 5.82. The fourth-order valence-corrected chi connectivity index (χ4v) is 3.05. The van der Waals surface area contributed by atoms with Crippen molar-refractivity contribution in [2.45, 2.75) is 25.2 Å². The van der Waals surface area contributed by atoms with Crippen LogP contribution in [-0.4, -0.2) is 22.8 Å². The Hall–Kier alpha value is -1.82. The summed E-state index contributed by atoms with van der Waals surface area (Å²) in [5.74, 6) is 0.437. The lowest BCUT2D eigenvalue weighted by Gasteiger charge is -2.10. The van der Waals surface area contributed by atoms with Gasteiger partial charge in [-0.3, -0.25) is 4.79 Å². The molecule has 5 nitrogen and oxygen atoms in total. The van der Waals surface area contributed by atoms with Gasteiger partial charge in [-0.1, -0.05) is 5.16 Å². The van der Waals surface area contributed by atoms with E-state index >= 15 is 0 Å². The zero-order valence-electron chi connectivity index (χ0n) is 11.4. The van der Waals surface area contributed by atoms with Gasteiger partial charge in [0.25, 0.3) is 0 Å². The van der Waals surface area contributed by atoms with Crippen molar-refractivity contribution >= 4 is 21.9 Å². The van der Waals surface area contributed by atoms with Crippen molar-refractivity contribution in [3.05, 3.63) is 34.5 Å². The third-order valence-corrected chi connectivity index (χ3v) is 4.36. The Labute approximate surface area is 130 Å². The van der Waals surface area contributed by atoms with Gasteiger partial charge in [0, 0.05) is 5.56 Å². The van der Waals surface area contributed by atoms with Crippen molar-refractivity contribution in [1.29, 1.82) is 0 Å². The molecule has 0 radical (unpaired) electrons. The molecule has 1 aromatic carbocycles. The summed E-state index contributed by atoms with van der Waals surface area (Å²) in [6.45, 7) is 2.13. The van der Waals surface area contributed by atoms with Gasteiger partial charge < -0.3 is 14.4 Å². The summed E-state index contributed by atoms with van der Waals surface area (Å²) in [4.78, 5) is 12.1. The smallest absolute Gasteiger partial charge is 0.319 e. The number of benzene rings is 1. The van der Waals surface area contributed by atoms with Gasteiger partial charge in [-0.05, 0) is 60.0 Å². The molecule has 0 amide bonds. The summed E-state index contributed by atoms with van der Waals surface area (Å²) in [7, 11) is 0. The number of esters is 1. The Morgan fingerprint density at radius 1 is 1.43 bits per heavy atom. The van der Waals surface area contributed by atoms with Crippen LogP contribution in [0.15, 0.2) is 33.3 Å². The van der Waals surface area contributed by atoms with Gasteiger partial charge in [0.1, 0.15) is 16.9 Å². The molecular formula is C15H14BrNO4. The molecule has 1 N–H and O–H groups in total. The van der Waals surface area contributed by atoms with E-state index in [9.17, 15) is 9.90 Å². The highest BCUT2D eigenvalue weighted by Gasteiger charge is 2.57. The highest BCUT2D eigenvalue weighted by molar-refractivity contribution is 9.10. The first kappa shape index (κ1) is 14.1. The Morgan fingerprint density at radius 3 is 2.67 bits per heavy atom. The Bertz CT molecular complexity index is 673. The number of carbonyl (C=O) groups is 1. The second kappa shape index (κ2) is 5.18. The van der Waals surface area contributed by atoms with Gasteiger partial charge in [-0.25, -0.2) is 0 Å². The molecule has 0 atom stereocenters. The molecule has 110 valence electrons. The first-order valence-corrected chi connectivity index (χ1v) is 7.50. The van der Waals surface area contributed by atoms with Gasteiger partial charge in [0.15, 0.2) is 5.76 Å². The highest BCUT2D eigenvalue weighted by Crippen LogP contribution is 2.53. The maximum absolute atomic E-state index is 12.1. The number of rotatable bonds is 4. The molecule has 1 heterocycles. The van der Waals surface area contributed by atoms with E-state index in [1.165, 1.54) is 0 Å². The van der Waals surface area contributed by atoms with Crippen LogP contribution in [0.5, 0.6) is 5.75 Å². The van der Waals surface area contributed by atoms with Crippen LogP contribution < -0.4 is 0 Å². The minimum absolute atomic E-state index is 0.184. The van der Waals surface area contributed by atoms with Gasteiger partial charge >= 0.3 is 5.97 Å². The van der Waals surface area contributed by atoms with Gasteiger partial charge in [-0.15, -0.1) is 0 Å². The monoisotopic (exact) mass is 351 g/mol. The maximum Gasteiger partial charge on any atom is 0.319 e. The molecule has 21 heavy (non-hydrogen) atoms. The number of halogens is 1. The molecule has 1 aromatic heterocycles. The van der Waals surface area contributed by atoms with E-state index in [1.807, 2.05) is 0 Å². The molecular weight excluding hydrogens is 338 g/mol. The minimum Gasteiger partial charge on any atom is -0.508 e. The number of phenolic OH excluding ortho intramolecular Hbond substituents is 1. The molecule has 1 saturated carbocycles. The quantitative estimate of drug-likeness (QED) is 0.854. The number of hydrogen-bond donors (Lipinski definition) is 1. The molecule has 6 heteroatoms. The molecule has 1 aliphatic rings. The molecule has 0 saturated heterocycles. The van der Waals surface area contributed by atoms with E-state index in [0.29, 0.717) is 35.4 Å². The average molecular weight is 352 g/mol. The topological polar surface area (TPSA) is 72.6 Å². The predicted molar refractivity (Wildman–Crippen MR) is 78.8 cm³/mol. The third kappa shape index (κ3) is 2.33. The summed E-state index contributed by atoms with van der Waals surface area (Å²) in [6.07, 6.45) is 1.41. The van der Waals surface area contributed by atoms with Crippen LogP contribution in [-0.2, 0) is 14.9 Å². The Morgan fingerprint density at radius 2 is 2.10 bits per heavy atom. The fourth-order valence-electron chi connectivity index (χ4n) is 2.29. The van der Waals surface area contributed by atoms with Crippen LogP contribution in [0.2, 0.25) is 0 Å². The molecule has 3 rings (SSSR count). The summed E-state index contributed by atoms with van der Waals surface area (Å²) in [5.41, 5.74) is 0.715. The number of hydrogen-bond acceptors (Lipinski definition) is 5. The van der Waals surface area contributed by atoms with Crippen molar-refractivity contribution in [1.82, 2.24) is 5.16 Å². The van der Waals surface area contributed by atoms with Crippen molar-refractivity contribution < 1.29 is 19.2 Å². The largest absolute Gasteiger partial charge is 0.508 e. The van der Waals surface area contributed by atoms with Crippen LogP contribution in [0.4, 0.5) is 0 Å². The van der Waals surface area contributed by atoms with Crippen LogP contribution in [0.25, 0.3) is 11.3 Å². The SMILES string of the molecule is CCOC(=O)C1(c2onc(-c3ccc(O)cc3)c2Br)CC1. The van der Waals surface area contributed by atoms with E-state index in [4.69, 9.17) is 9.26 Å². The average Bonchev–Trinajstić information content (AvgIpc) is 3.19. The fraction of sp³-hybridized carbons (Fsp3) is 0.333. The molecule has 1 aliphatic carbocycles. The molecule has 0 spiro atoms. The van der Waals surface area contributed by atoms with E-state index in [1.54, 1.807) is 31.2 Å². The Kier molecular flexibility index (Phi) is 3.49. The van der Waals surface area contributed by atoms with E-state index in [2.05, 4.69) is 21.1 Å². The van der Waals surface area contributed by atoms with Gasteiger partial charge in [0.05, 0.1) is 11.1 Å². The van der Waals surface area contributed by atoms with Crippen molar-refractivity contribution in [2.75, 3.05) is 6.61 Å². The molecule has 1 fully saturated rings. The lowest BCUT2D eigenvalue weighted by molar-refractivity contribution is -0.146. The standard InChI is InChI=1S/C15H14BrNO4/c1-2-20-14(19)15(7-8-15)13-11(16)12(17-21-13)9-3-5-10(18)6-4-9/h3-6,18H,2,7-8H2,1H3. The van der Waals surface area contributed by atoms with Crippen LogP contribution in [0.1, 0.15) is 25.5 Å². The zero-order chi connectivity index (χ0) is 15.0. The summed E-state index contributed by atoms with van der Waals surface area (Å²) in [6, 6.07) is 6.64. The highest BCUT2D eigenvalue weighted by atomic mass is 79.9. The molecule has 0 bridgehead atoms. The van der Waals surface area contributed by atoms with Crippen molar-refractivity contribution in [2.24, 2.45) is 0 Å². The lowest BCUT2D eigenvalue weighted by atomic mass is 10.0. The van der Waals surface area contributed by atoms with E-state index in [-0.39, 0.29) is 11.7 Å². The summed E-state index contributed by atoms with van der Waals surface area (Å²) < 4.78 is 11.2. The summed E-state index contributed by atoms with van der Waals surface area (Å²) >= 11 is 3.48. The number of nitrogens with zero attached hydrogens (tertiary/aromatic N) is 1. The predicted octanol–water partition coefficient (Wildman–Crippen LogP) is 3.40. The second-order valence-electron chi connectivity index (χ2n) is 5.02. The minimum atomic E-state index is -0.697. The van der Waals surface area contributed by atoms with Crippen molar-refractivity contribution in [3.63, 3.8) is 0 Å². The van der Waals surface area contributed by atoms with Gasteiger partial charge in [0.2, 0.25) is 0 Å². The third-order valence-electron chi connectivity index (χ3n) is 3.63. The van der Waals surface area contributed by atoms with Crippen molar-refractivity contribution in [3.8, 4) is 17.0 Å². The van der Waals surface area contributed by atoms with E-state index in [0.717, 1.165) is 5.56 Å².